The molecule has 0 saturated carbocycles. The van der Waals surface area contributed by atoms with Gasteiger partial charge in [-0.25, -0.2) is 13.2 Å². The van der Waals surface area contributed by atoms with Gasteiger partial charge in [-0.1, -0.05) is 66.7 Å². The fraction of sp³-hybridized carbons (Fsp3) is 0.185. The molecule has 1 aliphatic rings. The molecule has 0 bridgehead atoms. The molecule has 1 atom stereocenters. The van der Waals surface area contributed by atoms with Crippen molar-refractivity contribution in [3.05, 3.63) is 102 Å². The smallest absolute Gasteiger partial charge is 0.331 e. The van der Waals surface area contributed by atoms with Gasteiger partial charge in [-0.3, -0.25) is 4.79 Å². The molecule has 1 saturated heterocycles. The molecule has 0 spiro atoms. The van der Waals surface area contributed by atoms with Crippen LogP contribution in [0.2, 0.25) is 0 Å². The SMILES string of the molecule is O=C(/C=C/c1ccccc1)O[C@H](C(=O)Nc1cccc(S(=O)(=O)N2CCOCC2)c1)c1ccccc1. The summed E-state index contributed by atoms with van der Waals surface area (Å²) in [6.45, 7) is 1.19. The third-order valence-electron chi connectivity index (χ3n) is 5.50. The van der Waals surface area contributed by atoms with Crippen LogP contribution in [0.5, 0.6) is 0 Å². The third kappa shape index (κ3) is 6.45. The number of anilines is 1. The van der Waals surface area contributed by atoms with Crippen LogP contribution < -0.4 is 5.32 Å². The number of ether oxygens (including phenoxy) is 2. The van der Waals surface area contributed by atoms with E-state index in [2.05, 4.69) is 5.32 Å². The molecule has 9 heteroatoms. The summed E-state index contributed by atoms with van der Waals surface area (Å²) < 4.78 is 38.1. The van der Waals surface area contributed by atoms with Crippen molar-refractivity contribution in [3.63, 3.8) is 0 Å². The Kier molecular flexibility index (Phi) is 8.27. The minimum absolute atomic E-state index is 0.0567. The summed E-state index contributed by atoms with van der Waals surface area (Å²) in [4.78, 5) is 25.8. The minimum Gasteiger partial charge on any atom is -0.444 e. The number of amides is 1. The number of carbonyl (C=O) groups is 2. The van der Waals surface area contributed by atoms with Gasteiger partial charge in [0.05, 0.1) is 18.1 Å². The lowest BCUT2D eigenvalue weighted by atomic mass is 10.1. The first-order valence-electron chi connectivity index (χ1n) is 11.4. The predicted octanol–water partition coefficient (Wildman–Crippen LogP) is 3.64. The number of esters is 1. The van der Waals surface area contributed by atoms with Crippen molar-refractivity contribution >= 4 is 33.7 Å². The van der Waals surface area contributed by atoms with Gasteiger partial charge in [0.15, 0.2) is 0 Å². The number of carbonyl (C=O) groups excluding carboxylic acids is 2. The number of hydrogen-bond acceptors (Lipinski definition) is 6. The number of benzene rings is 3. The van der Waals surface area contributed by atoms with Crippen LogP contribution in [-0.2, 0) is 29.1 Å². The van der Waals surface area contributed by atoms with Crippen LogP contribution in [-0.4, -0.2) is 50.9 Å². The van der Waals surface area contributed by atoms with Gasteiger partial charge in [-0.05, 0) is 29.8 Å². The first-order valence-corrected chi connectivity index (χ1v) is 12.8. The summed E-state index contributed by atoms with van der Waals surface area (Å²) in [6.07, 6.45) is 1.62. The van der Waals surface area contributed by atoms with E-state index in [0.29, 0.717) is 18.8 Å². The summed E-state index contributed by atoms with van der Waals surface area (Å²) >= 11 is 0. The summed E-state index contributed by atoms with van der Waals surface area (Å²) in [5.41, 5.74) is 1.56. The van der Waals surface area contributed by atoms with E-state index in [1.165, 1.54) is 22.5 Å². The average Bonchev–Trinajstić information content (AvgIpc) is 2.92. The molecule has 1 fully saturated rings. The molecule has 0 unspecified atom stereocenters. The molecule has 1 N–H and O–H groups in total. The molecule has 186 valence electrons. The molecule has 0 aromatic heterocycles. The first-order chi connectivity index (χ1) is 17.4. The highest BCUT2D eigenvalue weighted by Crippen LogP contribution is 2.24. The minimum atomic E-state index is -3.74. The number of nitrogens with one attached hydrogen (secondary N) is 1. The standard InChI is InChI=1S/C27H26N2O6S/c30-25(15-14-21-8-3-1-4-9-21)35-26(22-10-5-2-6-11-22)27(31)28-23-12-7-13-24(20-23)36(32,33)29-16-18-34-19-17-29/h1-15,20,26H,16-19H2,(H,28,31)/b15-14+/t26-/m0/s1. The third-order valence-corrected chi connectivity index (χ3v) is 7.39. The average molecular weight is 507 g/mol. The van der Waals surface area contributed by atoms with Gasteiger partial charge >= 0.3 is 5.97 Å². The van der Waals surface area contributed by atoms with Gasteiger partial charge < -0.3 is 14.8 Å². The Morgan fingerprint density at radius 3 is 2.28 bits per heavy atom. The van der Waals surface area contributed by atoms with E-state index in [9.17, 15) is 18.0 Å². The zero-order valence-corrected chi connectivity index (χ0v) is 20.3. The van der Waals surface area contributed by atoms with Crippen LogP contribution in [0.3, 0.4) is 0 Å². The van der Waals surface area contributed by atoms with Crippen LogP contribution in [0.1, 0.15) is 17.2 Å². The van der Waals surface area contributed by atoms with Crippen molar-refractivity contribution in [2.45, 2.75) is 11.0 Å². The van der Waals surface area contributed by atoms with Crippen molar-refractivity contribution in [1.82, 2.24) is 4.31 Å². The van der Waals surface area contributed by atoms with Gasteiger partial charge in [0.2, 0.25) is 16.1 Å². The zero-order chi connectivity index (χ0) is 25.4. The molecular weight excluding hydrogens is 480 g/mol. The van der Waals surface area contributed by atoms with E-state index in [1.54, 1.807) is 48.5 Å². The van der Waals surface area contributed by atoms with Crippen molar-refractivity contribution in [1.29, 1.82) is 0 Å². The topological polar surface area (TPSA) is 102 Å². The summed E-state index contributed by atoms with van der Waals surface area (Å²) in [5, 5.41) is 2.69. The van der Waals surface area contributed by atoms with Crippen LogP contribution in [0.15, 0.2) is 95.9 Å². The number of sulfonamides is 1. The summed E-state index contributed by atoms with van der Waals surface area (Å²) in [6, 6.07) is 23.8. The Labute approximate surface area is 210 Å². The fourth-order valence-corrected chi connectivity index (χ4v) is 5.12. The Bertz CT molecular complexity index is 1320. The summed E-state index contributed by atoms with van der Waals surface area (Å²) in [5.74, 6) is -1.30. The maximum atomic E-state index is 13.2. The number of rotatable bonds is 8. The molecule has 0 aliphatic carbocycles. The van der Waals surface area contributed by atoms with E-state index < -0.39 is 28.0 Å². The Morgan fingerprint density at radius 1 is 0.917 bits per heavy atom. The lowest BCUT2D eigenvalue weighted by Crippen LogP contribution is -2.40. The molecule has 3 aromatic rings. The number of nitrogens with zero attached hydrogens (tertiary/aromatic N) is 1. The quantitative estimate of drug-likeness (QED) is 0.370. The fourth-order valence-electron chi connectivity index (χ4n) is 3.66. The highest BCUT2D eigenvalue weighted by molar-refractivity contribution is 7.89. The molecule has 36 heavy (non-hydrogen) atoms. The van der Waals surface area contributed by atoms with Gasteiger partial charge in [0, 0.05) is 30.4 Å². The van der Waals surface area contributed by atoms with Crippen molar-refractivity contribution < 1.29 is 27.5 Å². The van der Waals surface area contributed by atoms with E-state index in [4.69, 9.17) is 9.47 Å². The molecule has 0 radical (unpaired) electrons. The second-order valence-corrected chi connectivity index (χ2v) is 9.94. The van der Waals surface area contributed by atoms with Crippen LogP contribution in [0.25, 0.3) is 6.08 Å². The van der Waals surface area contributed by atoms with Crippen LogP contribution in [0, 0.1) is 0 Å². The second-order valence-electron chi connectivity index (χ2n) is 8.01. The molecule has 4 rings (SSSR count). The van der Waals surface area contributed by atoms with Crippen LogP contribution in [0.4, 0.5) is 5.69 Å². The van der Waals surface area contributed by atoms with Crippen molar-refractivity contribution in [2.75, 3.05) is 31.6 Å². The molecule has 1 amide bonds. The van der Waals surface area contributed by atoms with Gasteiger partial charge in [-0.15, -0.1) is 0 Å². The maximum absolute atomic E-state index is 13.2. The zero-order valence-electron chi connectivity index (χ0n) is 19.4. The molecule has 1 aliphatic heterocycles. The van der Waals surface area contributed by atoms with Crippen molar-refractivity contribution in [3.8, 4) is 0 Å². The first kappa shape index (κ1) is 25.3. The molecular formula is C27H26N2O6S. The van der Waals surface area contributed by atoms with Gasteiger partial charge in [-0.2, -0.15) is 4.31 Å². The Balaban J connectivity index is 1.51. The lowest BCUT2D eigenvalue weighted by molar-refractivity contribution is -0.149. The van der Waals surface area contributed by atoms with E-state index >= 15 is 0 Å². The predicted molar refractivity (Wildman–Crippen MR) is 135 cm³/mol. The number of hydrogen-bond donors (Lipinski definition) is 1. The van der Waals surface area contributed by atoms with Gasteiger partial charge in [0.1, 0.15) is 0 Å². The van der Waals surface area contributed by atoms with E-state index in [-0.39, 0.29) is 23.7 Å². The Hall–Kier alpha value is -3.79. The number of morpholine rings is 1. The maximum Gasteiger partial charge on any atom is 0.331 e. The van der Waals surface area contributed by atoms with E-state index in [0.717, 1.165) is 5.56 Å². The Morgan fingerprint density at radius 2 is 1.58 bits per heavy atom. The van der Waals surface area contributed by atoms with Crippen LogP contribution >= 0.6 is 0 Å². The van der Waals surface area contributed by atoms with E-state index in [1.807, 2.05) is 30.3 Å². The molecule has 1 heterocycles. The largest absolute Gasteiger partial charge is 0.444 e. The summed E-state index contributed by atoms with van der Waals surface area (Å²) in [7, 11) is -3.74. The second kappa shape index (κ2) is 11.8. The van der Waals surface area contributed by atoms with Gasteiger partial charge in [0.25, 0.3) is 5.91 Å². The molecule has 8 nitrogen and oxygen atoms in total. The normalized spacial score (nSPS) is 15.3. The monoisotopic (exact) mass is 506 g/mol. The van der Waals surface area contributed by atoms with Crippen molar-refractivity contribution in [2.24, 2.45) is 0 Å². The lowest BCUT2D eigenvalue weighted by Gasteiger charge is -2.26. The highest BCUT2D eigenvalue weighted by Gasteiger charge is 2.28. The highest BCUT2D eigenvalue weighted by atomic mass is 32.2. The molecule has 3 aromatic carbocycles.